The van der Waals surface area contributed by atoms with E-state index in [-0.39, 0.29) is 0 Å². The van der Waals surface area contributed by atoms with Crippen LogP contribution in [0.25, 0.3) is 32.8 Å². The summed E-state index contributed by atoms with van der Waals surface area (Å²) >= 11 is 0. The van der Waals surface area contributed by atoms with Gasteiger partial charge in [0.05, 0.1) is 0 Å². The molecule has 28 heavy (non-hydrogen) atoms. The topological polar surface area (TPSA) is 51.1 Å². The van der Waals surface area contributed by atoms with Crippen LogP contribution >= 0.6 is 0 Å². The zero-order valence-corrected chi connectivity index (χ0v) is 16.3. The summed E-state index contributed by atoms with van der Waals surface area (Å²) in [6, 6.07) is 14.0. The van der Waals surface area contributed by atoms with Crippen LogP contribution in [0, 0.1) is 13.8 Å². The zero-order chi connectivity index (χ0) is 19.3. The maximum Gasteiger partial charge on any atom is 0.243 e. The highest BCUT2D eigenvalue weighted by molar-refractivity contribution is 6.05. The molecule has 3 heterocycles. The number of H-pyrrole nitrogens is 1. The van der Waals surface area contributed by atoms with E-state index >= 15 is 0 Å². The Kier molecular flexibility index (Phi) is 3.86. The van der Waals surface area contributed by atoms with Gasteiger partial charge in [0.25, 0.3) is 0 Å². The monoisotopic (exact) mass is 370 g/mol. The van der Waals surface area contributed by atoms with Crippen molar-refractivity contribution in [1.82, 2.24) is 9.97 Å². The molecule has 4 nitrogen and oxygen atoms in total. The van der Waals surface area contributed by atoms with Gasteiger partial charge in [-0.2, -0.15) is 0 Å². The average Bonchev–Trinajstić information content (AvgIpc) is 3.22. The molecule has 0 saturated heterocycles. The number of aromatic nitrogens is 2. The van der Waals surface area contributed by atoms with Crippen LogP contribution in [-0.2, 0) is 6.42 Å². The van der Waals surface area contributed by atoms with Gasteiger partial charge in [0, 0.05) is 28.0 Å². The molecule has 5 aromatic rings. The number of rotatable bonds is 4. The Morgan fingerprint density at radius 2 is 1.86 bits per heavy atom. The first-order valence-electron chi connectivity index (χ1n) is 9.71. The van der Waals surface area contributed by atoms with Crippen molar-refractivity contribution in [2.45, 2.75) is 33.6 Å². The van der Waals surface area contributed by atoms with E-state index < -0.39 is 0 Å². The summed E-state index contributed by atoms with van der Waals surface area (Å²) < 4.78 is 12.1. The van der Waals surface area contributed by atoms with Crippen LogP contribution in [0.5, 0.6) is 11.6 Å². The second-order valence-corrected chi connectivity index (χ2v) is 7.32. The fraction of sp³-hybridized carbons (Fsp3) is 0.208. The fourth-order valence-corrected chi connectivity index (χ4v) is 3.96. The Hall–Kier alpha value is -3.27. The third-order valence-electron chi connectivity index (χ3n) is 5.45. The number of ether oxygens (including phenoxy) is 1. The van der Waals surface area contributed by atoms with Crippen molar-refractivity contribution in [2.75, 3.05) is 0 Å². The fourth-order valence-electron chi connectivity index (χ4n) is 3.96. The third kappa shape index (κ3) is 2.56. The Labute approximate surface area is 163 Å². The summed E-state index contributed by atoms with van der Waals surface area (Å²) in [5.41, 5.74) is 6.40. The van der Waals surface area contributed by atoms with Crippen molar-refractivity contribution in [2.24, 2.45) is 0 Å². The van der Waals surface area contributed by atoms with Gasteiger partial charge < -0.3 is 14.1 Å². The molecule has 0 atom stereocenters. The molecule has 3 aromatic heterocycles. The molecule has 0 aliphatic heterocycles. The van der Waals surface area contributed by atoms with E-state index in [0.717, 1.165) is 51.7 Å². The van der Waals surface area contributed by atoms with Gasteiger partial charge in [-0.1, -0.05) is 31.5 Å². The number of aromatic amines is 1. The summed E-state index contributed by atoms with van der Waals surface area (Å²) in [6.07, 6.45) is 4.05. The van der Waals surface area contributed by atoms with Crippen LogP contribution in [0.1, 0.15) is 30.2 Å². The molecule has 140 valence electrons. The van der Waals surface area contributed by atoms with Gasteiger partial charge in [0.15, 0.2) is 0 Å². The first kappa shape index (κ1) is 16.9. The maximum atomic E-state index is 6.24. The van der Waals surface area contributed by atoms with Crippen molar-refractivity contribution < 1.29 is 9.15 Å². The number of fused-ring (bicyclic) bond motifs is 4. The maximum absolute atomic E-state index is 6.24. The minimum absolute atomic E-state index is 0.609. The van der Waals surface area contributed by atoms with E-state index in [1.165, 1.54) is 16.5 Å². The highest BCUT2D eigenvalue weighted by atomic mass is 16.5. The lowest BCUT2D eigenvalue weighted by Crippen LogP contribution is -1.93. The number of hydrogen-bond acceptors (Lipinski definition) is 3. The van der Waals surface area contributed by atoms with Crippen LogP contribution in [0.4, 0.5) is 0 Å². The van der Waals surface area contributed by atoms with Gasteiger partial charge in [-0.15, -0.1) is 0 Å². The van der Waals surface area contributed by atoms with Crippen LogP contribution in [0.15, 0.2) is 53.1 Å². The van der Waals surface area contributed by atoms with Crippen LogP contribution in [-0.4, -0.2) is 9.97 Å². The van der Waals surface area contributed by atoms with Crippen LogP contribution < -0.4 is 4.74 Å². The lowest BCUT2D eigenvalue weighted by molar-refractivity contribution is 0.468. The van der Waals surface area contributed by atoms with Crippen molar-refractivity contribution in [3.63, 3.8) is 0 Å². The predicted molar refractivity (Wildman–Crippen MR) is 113 cm³/mol. The number of pyridine rings is 1. The smallest absolute Gasteiger partial charge is 0.243 e. The van der Waals surface area contributed by atoms with Gasteiger partial charge in [-0.3, -0.25) is 0 Å². The van der Waals surface area contributed by atoms with Crippen LogP contribution in [0.3, 0.4) is 0 Å². The quantitative estimate of drug-likeness (QED) is 0.377. The molecule has 0 bridgehead atoms. The molecule has 0 spiro atoms. The van der Waals surface area contributed by atoms with Gasteiger partial charge in [0.1, 0.15) is 22.4 Å². The summed E-state index contributed by atoms with van der Waals surface area (Å²) in [7, 11) is 0. The Morgan fingerprint density at radius 1 is 1.04 bits per heavy atom. The second kappa shape index (κ2) is 6.41. The molecule has 0 aliphatic carbocycles. The second-order valence-electron chi connectivity index (χ2n) is 7.32. The molecule has 1 N–H and O–H groups in total. The van der Waals surface area contributed by atoms with E-state index in [9.17, 15) is 0 Å². The molecule has 4 heteroatoms. The van der Waals surface area contributed by atoms with Gasteiger partial charge in [-0.05, 0) is 55.7 Å². The van der Waals surface area contributed by atoms with Crippen molar-refractivity contribution in [3.05, 3.63) is 65.5 Å². The number of hydrogen-bond donors (Lipinski definition) is 1. The molecule has 0 aliphatic rings. The number of para-hydroxylation sites is 1. The number of furan rings is 1. The van der Waals surface area contributed by atoms with E-state index in [1.807, 2.05) is 42.6 Å². The lowest BCUT2D eigenvalue weighted by Gasteiger charge is -2.09. The van der Waals surface area contributed by atoms with E-state index in [1.54, 1.807) is 0 Å². The average molecular weight is 370 g/mol. The highest BCUT2D eigenvalue weighted by Crippen LogP contribution is 2.36. The minimum Gasteiger partial charge on any atom is -0.456 e. The van der Waals surface area contributed by atoms with Crippen molar-refractivity contribution >= 4 is 32.8 Å². The van der Waals surface area contributed by atoms with Crippen molar-refractivity contribution in [3.8, 4) is 11.6 Å². The molecule has 0 fully saturated rings. The number of aryl methyl sites for hydroxylation is 3. The summed E-state index contributed by atoms with van der Waals surface area (Å²) in [6.45, 7) is 6.44. The minimum atomic E-state index is 0.609. The lowest BCUT2D eigenvalue weighted by atomic mass is 10.0. The Bertz CT molecular complexity index is 1330. The Balaban J connectivity index is 1.63. The molecular formula is C24H22N2O2. The largest absolute Gasteiger partial charge is 0.456 e. The van der Waals surface area contributed by atoms with E-state index in [0.29, 0.717) is 5.88 Å². The molecule has 0 radical (unpaired) electrons. The summed E-state index contributed by atoms with van der Waals surface area (Å²) in [5, 5.41) is 3.37. The normalized spacial score (nSPS) is 11.7. The molecular weight excluding hydrogens is 348 g/mol. The van der Waals surface area contributed by atoms with Crippen molar-refractivity contribution in [1.29, 1.82) is 0 Å². The van der Waals surface area contributed by atoms with Crippen LogP contribution in [0.2, 0.25) is 0 Å². The third-order valence-corrected chi connectivity index (χ3v) is 5.45. The zero-order valence-electron chi connectivity index (χ0n) is 16.3. The predicted octanol–water partition coefficient (Wildman–Crippen LogP) is 6.82. The molecule has 0 unspecified atom stereocenters. The number of nitrogens with zero attached hydrogens (tertiary/aromatic N) is 1. The van der Waals surface area contributed by atoms with E-state index in [4.69, 9.17) is 9.15 Å². The standard InChI is InChI=1S/C24H22N2O2/c1-4-7-16-13-25-24(23-22(16)14(2)15(3)26-23)27-17-10-11-21-19(12-17)18-8-5-6-9-20(18)28-21/h5-6,8-13,26H,4,7H2,1-3H3. The van der Waals surface area contributed by atoms with Gasteiger partial charge >= 0.3 is 0 Å². The highest BCUT2D eigenvalue weighted by Gasteiger charge is 2.16. The Morgan fingerprint density at radius 3 is 2.71 bits per heavy atom. The number of nitrogens with one attached hydrogen (secondary N) is 1. The van der Waals surface area contributed by atoms with E-state index in [2.05, 4.69) is 36.8 Å². The van der Waals surface area contributed by atoms with Gasteiger partial charge in [0.2, 0.25) is 5.88 Å². The molecule has 2 aromatic carbocycles. The summed E-state index contributed by atoms with van der Waals surface area (Å²) in [4.78, 5) is 8.10. The first-order valence-corrected chi connectivity index (χ1v) is 9.71. The molecule has 0 amide bonds. The number of benzene rings is 2. The summed E-state index contributed by atoms with van der Waals surface area (Å²) in [5.74, 6) is 1.36. The molecule has 0 saturated carbocycles. The SMILES string of the molecule is CCCc1cnc(Oc2ccc3oc4ccccc4c3c2)c2[nH]c(C)c(C)c12. The first-order chi connectivity index (χ1) is 13.7. The molecule has 5 rings (SSSR count). The van der Waals surface area contributed by atoms with Gasteiger partial charge in [-0.25, -0.2) is 4.98 Å².